The van der Waals surface area contributed by atoms with Crippen molar-refractivity contribution in [3.8, 4) is 5.75 Å². The molecular weight excluding hydrogens is 181 g/mol. The molecule has 1 N–H and O–H groups in total. The maximum absolute atomic E-state index is 12.8. The highest BCUT2D eigenvalue weighted by atomic mass is 19.1. The molecule has 3 heteroatoms. The van der Waals surface area contributed by atoms with Crippen LogP contribution >= 0.6 is 0 Å². The van der Waals surface area contributed by atoms with Crippen LogP contribution in [0.25, 0.3) is 0 Å². The molecule has 0 amide bonds. The zero-order valence-corrected chi connectivity index (χ0v) is 8.64. The summed E-state index contributed by atoms with van der Waals surface area (Å²) in [5.41, 5.74) is 1.69. The quantitative estimate of drug-likeness (QED) is 0.778. The molecule has 0 unspecified atom stereocenters. The minimum absolute atomic E-state index is 0.469. The molecule has 14 heavy (non-hydrogen) atoms. The Morgan fingerprint density at radius 3 is 2.79 bits per heavy atom. The molecule has 0 saturated heterocycles. The second-order valence-electron chi connectivity index (χ2n) is 3.09. The van der Waals surface area contributed by atoms with Gasteiger partial charge in [0, 0.05) is 5.56 Å². The predicted octanol–water partition coefficient (Wildman–Crippen LogP) is 1.93. The highest BCUT2D eigenvalue weighted by Gasteiger charge is 2.07. The first kappa shape index (κ1) is 11.0. The molecule has 0 aliphatic heterocycles. The van der Waals surface area contributed by atoms with Crippen molar-refractivity contribution in [1.82, 2.24) is 5.32 Å². The highest BCUT2D eigenvalue weighted by Crippen LogP contribution is 2.23. The van der Waals surface area contributed by atoms with Crippen LogP contribution in [0.15, 0.2) is 18.2 Å². The first-order valence-corrected chi connectivity index (χ1v) is 4.68. The Balaban J connectivity index is 2.90. The topological polar surface area (TPSA) is 21.3 Å². The fraction of sp³-hybridized carbons (Fsp3) is 0.455. The fourth-order valence-electron chi connectivity index (χ4n) is 1.45. The van der Waals surface area contributed by atoms with E-state index in [0.29, 0.717) is 11.3 Å². The van der Waals surface area contributed by atoms with E-state index in [4.69, 9.17) is 4.74 Å². The maximum atomic E-state index is 12.8. The predicted molar refractivity (Wildman–Crippen MR) is 55.4 cm³/mol. The zero-order valence-electron chi connectivity index (χ0n) is 8.64. The average Bonchev–Trinajstić information content (AvgIpc) is 2.25. The molecule has 0 heterocycles. The number of nitrogens with one attached hydrogen (secondary N) is 1. The van der Waals surface area contributed by atoms with Crippen molar-refractivity contribution in [3.05, 3.63) is 29.3 Å². The molecule has 0 aliphatic carbocycles. The molecule has 1 rings (SSSR count). The summed E-state index contributed by atoms with van der Waals surface area (Å²) in [7, 11) is 3.45. The van der Waals surface area contributed by atoms with Gasteiger partial charge in [0.25, 0.3) is 0 Å². The second-order valence-corrected chi connectivity index (χ2v) is 3.09. The van der Waals surface area contributed by atoms with Gasteiger partial charge in [-0.3, -0.25) is 0 Å². The molecule has 2 nitrogen and oxygen atoms in total. The lowest BCUT2D eigenvalue weighted by Crippen LogP contribution is -2.11. The lowest BCUT2D eigenvalue weighted by atomic mass is 10.0. The summed E-state index contributed by atoms with van der Waals surface area (Å²) >= 11 is 0. The molecule has 0 aliphatic rings. The monoisotopic (exact) mass is 197 g/mol. The highest BCUT2D eigenvalue weighted by molar-refractivity contribution is 5.40. The Morgan fingerprint density at radius 2 is 2.21 bits per heavy atom. The molecule has 78 valence electrons. The number of ether oxygens (including phenoxy) is 1. The van der Waals surface area contributed by atoms with Gasteiger partial charge in [-0.15, -0.1) is 0 Å². The van der Waals surface area contributed by atoms with Gasteiger partial charge in [0.2, 0.25) is 0 Å². The molecule has 0 fully saturated rings. The standard InChI is InChI=1S/C11H16FNO/c1-13-7-6-9-4-3-5-11(14-2)10(9)8-12/h3-5,13H,6-8H2,1-2H3. The van der Waals surface area contributed by atoms with Gasteiger partial charge < -0.3 is 10.1 Å². The Kier molecular flexibility index (Phi) is 4.40. The average molecular weight is 197 g/mol. The summed E-state index contributed by atoms with van der Waals surface area (Å²) in [4.78, 5) is 0. The number of hydrogen-bond donors (Lipinski definition) is 1. The van der Waals surface area contributed by atoms with Crippen molar-refractivity contribution in [2.75, 3.05) is 20.7 Å². The second kappa shape index (κ2) is 5.60. The molecule has 0 bridgehead atoms. The first-order valence-electron chi connectivity index (χ1n) is 4.68. The lowest BCUT2D eigenvalue weighted by Gasteiger charge is -2.10. The smallest absolute Gasteiger partial charge is 0.124 e. The van der Waals surface area contributed by atoms with Gasteiger partial charge in [-0.1, -0.05) is 12.1 Å². The molecule has 1 aromatic carbocycles. The van der Waals surface area contributed by atoms with Crippen LogP contribution < -0.4 is 10.1 Å². The van der Waals surface area contributed by atoms with Gasteiger partial charge in [-0.2, -0.15) is 0 Å². The van der Waals surface area contributed by atoms with E-state index in [9.17, 15) is 4.39 Å². The van der Waals surface area contributed by atoms with Gasteiger partial charge in [-0.25, -0.2) is 4.39 Å². The van der Waals surface area contributed by atoms with Crippen LogP contribution in [0, 0.1) is 0 Å². The molecule has 0 spiro atoms. The van der Waals surface area contributed by atoms with Crippen molar-refractivity contribution < 1.29 is 9.13 Å². The van der Waals surface area contributed by atoms with E-state index in [0.717, 1.165) is 18.5 Å². The third-order valence-electron chi connectivity index (χ3n) is 2.23. The van der Waals surface area contributed by atoms with Crippen LogP contribution in [0.3, 0.4) is 0 Å². The Hall–Kier alpha value is -1.09. The van der Waals surface area contributed by atoms with Crippen LogP contribution in [0.1, 0.15) is 11.1 Å². The Bertz CT molecular complexity index is 289. The van der Waals surface area contributed by atoms with Gasteiger partial charge in [0.05, 0.1) is 7.11 Å². The van der Waals surface area contributed by atoms with E-state index in [2.05, 4.69) is 5.32 Å². The van der Waals surface area contributed by atoms with E-state index in [-0.39, 0.29) is 0 Å². The summed E-state index contributed by atoms with van der Waals surface area (Å²) in [5, 5.41) is 3.04. The van der Waals surface area contributed by atoms with Crippen LogP contribution in [0.2, 0.25) is 0 Å². The minimum atomic E-state index is -0.469. The zero-order chi connectivity index (χ0) is 10.4. The first-order chi connectivity index (χ1) is 6.83. The molecular formula is C11H16FNO. The van der Waals surface area contributed by atoms with E-state index in [1.165, 1.54) is 0 Å². The van der Waals surface area contributed by atoms with Crippen molar-refractivity contribution in [2.45, 2.75) is 13.1 Å². The summed E-state index contributed by atoms with van der Waals surface area (Å²) in [6, 6.07) is 5.62. The van der Waals surface area contributed by atoms with Gasteiger partial charge in [-0.05, 0) is 31.6 Å². The number of benzene rings is 1. The van der Waals surface area contributed by atoms with Crippen LogP contribution in [0.4, 0.5) is 4.39 Å². The fourth-order valence-corrected chi connectivity index (χ4v) is 1.45. The van der Waals surface area contributed by atoms with Crippen LogP contribution in [-0.2, 0) is 13.1 Å². The number of likely N-dealkylation sites (N-methyl/N-ethyl adjacent to an activating group) is 1. The van der Waals surface area contributed by atoms with Gasteiger partial charge in [0.15, 0.2) is 0 Å². The largest absolute Gasteiger partial charge is 0.496 e. The number of alkyl halides is 1. The maximum Gasteiger partial charge on any atom is 0.124 e. The normalized spacial score (nSPS) is 10.2. The summed E-state index contributed by atoms with van der Waals surface area (Å²) in [5.74, 6) is 0.640. The molecule has 1 aromatic rings. The third-order valence-corrected chi connectivity index (χ3v) is 2.23. The van der Waals surface area contributed by atoms with E-state index < -0.39 is 6.67 Å². The van der Waals surface area contributed by atoms with E-state index in [1.807, 2.05) is 19.2 Å². The minimum Gasteiger partial charge on any atom is -0.496 e. The van der Waals surface area contributed by atoms with Crippen molar-refractivity contribution in [2.24, 2.45) is 0 Å². The van der Waals surface area contributed by atoms with Crippen molar-refractivity contribution in [3.63, 3.8) is 0 Å². The van der Waals surface area contributed by atoms with Crippen LogP contribution in [0.5, 0.6) is 5.75 Å². The number of rotatable bonds is 5. The number of hydrogen-bond acceptors (Lipinski definition) is 2. The summed E-state index contributed by atoms with van der Waals surface area (Å²) in [6.45, 7) is 0.378. The van der Waals surface area contributed by atoms with Gasteiger partial charge in [0.1, 0.15) is 12.4 Å². The van der Waals surface area contributed by atoms with Crippen molar-refractivity contribution in [1.29, 1.82) is 0 Å². The molecule has 0 radical (unpaired) electrons. The molecule has 0 saturated carbocycles. The van der Waals surface area contributed by atoms with Crippen LogP contribution in [-0.4, -0.2) is 20.7 Å². The SMILES string of the molecule is CNCCc1cccc(OC)c1CF. The molecule has 0 atom stereocenters. The number of halogens is 1. The van der Waals surface area contributed by atoms with Gasteiger partial charge >= 0.3 is 0 Å². The molecule has 0 aromatic heterocycles. The third kappa shape index (κ3) is 2.45. The summed E-state index contributed by atoms with van der Waals surface area (Å²) < 4.78 is 17.9. The van der Waals surface area contributed by atoms with Crippen molar-refractivity contribution >= 4 is 0 Å². The van der Waals surface area contributed by atoms with E-state index in [1.54, 1.807) is 13.2 Å². The lowest BCUT2D eigenvalue weighted by molar-refractivity contribution is 0.392. The van der Waals surface area contributed by atoms with E-state index >= 15 is 0 Å². The Morgan fingerprint density at radius 1 is 1.43 bits per heavy atom. The summed E-state index contributed by atoms with van der Waals surface area (Å²) in [6.07, 6.45) is 0.826. The number of methoxy groups -OCH3 is 1. The Labute approximate surface area is 84.1 Å².